The van der Waals surface area contributed by atoms with Crippen LogP contribution in [0.4, 0.5) is 0 Å². The molecule has 16 heteroatoms. The number of carbonyl (C=O) groups excluding carboxylic acids is 1. The van der Waals surface area contributed by atoms with Gasteiger partial charge in [0.2, 0.25) is 11.0 Å². The Hall–Kier alpha value is -1.68. The summed E-state index contributed by atoms with van der Waals surface area (Å²) in [6.07, 6.45) is -2.32. The van der Waals surface area contributed by atoms with E-state index < -0.39 is 49.1 Å². The monoisotopic (exact) mass is 535 g/mol. The molecule has 2 aromatic rings. The first kappa shape index (κ1) is 27.9. The van der Waals surface area contributed by atoms with Crippen molar-refractivity contribution in [1.82, 2.24) is 19.5 Å². The van der Waals surface area contributed by atoms with E-state index in [2.05, 4.69) is 15.0 Å². The quantitative estimate of drug-likeness (QED) is 0.239. The Morgan fingerprint density at radius 1 is 1.40 bits per heavy atom. The molecule has 35 heavy (non-hydrogen) atoms. The average molecular weight is 536 g/mol. The number of aryl methyl sites for hydroxylation is 1. The van der Waals surface area contributed by atoms with Crippen molar-refractivity contribution in [2.75, 3.05) is 26.1 Å². The van der Waals surface area contributed by atoms with Crippen LogP contribution < -0.4 is 10.2 Å². The van der Waals surface area contributed by atoms with Gasteiger partial charge in [0, 0.05) is 5.75 Å². The topological polar surface area (TPSA) is 201 Å². The minimum absolute atomic E-state index is 0.0884. The molecule has 5 N–H and O–H groups in total. The summed E-state index contributed by atoms with van der Waals surface area (Å²) in [4.78, 5) is 24.4. The van der Waals surface area contributed by atoms with Gasteiger partial charge in [0.1, 0.15) is 29.2 Å². The molecule has 0 bridgehead atoms. The number of ether oxygens (including phenoxy) is 2. The van der Waals surface area contributed by atoms with E-state index in [0.717, 1.165) is 11.8 Å². The average Bonchev–Trinajstić information content (AvgIpc) is 3.26. The highest BCUT2D eigenvalue weighted by Crippen LogP contribution is 2.44. The largest absolute Gasteiger partial charge is 0.479 e. The number of aliphatic hydroxyl groups excluding tert-OH is 1. The fraction of sp³-hybridized carbons (Fsp3) is 0.684. The SMILES string of the molecule is COc1nc(C)nc2c1ncn2[C@@H]1O[C@H](COP(N)(=O)OCCSC(=O)C(C)(C)O)[C@H](O)C1(C)O. The van der Waals surface area contributed by atoms with Crippen LogP contribution in [0.1, 0.15) is 32.8 Å². The number of aliphatic hydroxyl groups is 3. The fourth-order valence-corrected chi connectivity index (χ4v) is 4.98. The van der Waals surface area contributed by atoms with Crippen molar-refractivity contribution in [2.24, 2.45) is 5.50 Å². The van der Waals surface area contributed by atoms with Crippen LogP contribution in [-0.4, -0.2) is 89.4 Å². The van der Waals surface area contributed by atoms with Crippen LogP contribution in [0.25, 0.3) is 11.2 Å². The highest BCUT2D eigenvalue weighted by atomic mass is 32.2. The van der Waals surface area contributed by atoms with Crippen molar-refractivity contribution in [2.45, 2.75) is 57.3 Å². The summed E-state index contributed by atoms with van der Waals surface area (Å²) in [5.41, 5.74) is 2.93. The summed E-state index contributed by atoms with van der Waals surface area (Å²) < 4.78 is 35.1. The molecule has 3 rings (SSSR count). The van der Waals surface area contributed by atoms with Gasteiger partial charge in [-0.25, -0.2) is 20.0 Å². The van der Waals surface area contributed by atoms with E-state index in [1.54, 1.807) is 6.92 Å². The van der Waals surface area contributed by atoms with Crippen LogP contribution >= 0.6 is 19.5 Å². The summed E-state index contributed by atoms with van der Waals surface area (Å²) in [5, 5.41) is 30.8. The van der Waals surface area contributed by atoms with Crippen molar-refractivity contribution >= 4 is 35.8 Å². The van der Waals surface area contributed by atoms with E-state index in [4.69, 9.17) is 24.0 Å². The second kappa shape index (κ2) is 10.4. The molecule has 1 aliphatic rings. The Labute approximate surface area is 205 Å². The molecule has 14 nitrogen and oxygen atoms in total. The number of imidazole rings is 1. The number of aromatic nitrogens is 4. The first-order chi connectivity index (χ1) is 16.2. The third kappa shape index (κ3) is 6.18. The number of fused-ring (bicyclic) bond motifs is 1. The van der Waals surface area contributed by atoms with Gasteiger partial charge in [-0.3, -0.25) is 18.4 Å². The second-order valence-corrected chi connectivity index (χ2v) is 11.3. The van der Waals surface area contributed by atoms with Gasteiger partial charge in [-0.2, -0.15) is 4.98 Å². The lowest BCUT2D eigenvalue weighted by molar-refractivity contribution is -0.124. The maximum atomic E-state index is 12.4. The second-order valence-electron chi connectivity index (χ2n) is 8.67. The lowest BCUT2D eigenvalue weighted by Gasteiger charge is -2.27. The summed E-state index contributed by atoms with van der Waals surface area (Å²) >= 11 is 0.799. The van der Waals surface area contributed by atoms with Gasteiger partial charge in [0.05, 0.1) is 26.7 Å². The Kier molecular flexibility index (Phi) is 8.26. The lowest BCUT2D eigenvalue weighted by Crippen LogP contribution is -2.44. The normalized spacial score (nSPS) is 26.7. The summed E-state index contributed by atoms with van der Waals surface area (Å²) in [5.74, 6) is 0.733. The van der Waals surface area contributed by atoms with E-state index in [1.807, 2.05) is 0 Å². The number of hydrogen-bond acceptors (Lipinski definition) is 13. The molecular weight excluding hydrogens is 505 g/mol. The van der Waals surface area contributed by atoms with Crippen molar-refractivity contribution in [3.63, 3.8) is 0 Å². The maximum absolute atomic E-state index is 12.4. The predicted octanol–water partition coefficient (Wildman–Crippen LogP) is 0.283. The molecular formula is C19H30N5O9PS. The molecule has 1 aliphatic heterocycles. The minimum Gasteiger partial charge on any atom is -0.479 e. The van der Waals surface area contributed by atoms with Crippen LogP contribution in [0.5, 0.6) is 5.88 Å². The summed E-state index contributed by atoms with van der Waals surface area (Å²) in [6.45, 7) is 5.10. The number of nitrogens with two attached hydrogens (primary N) is 1. The molecule has 0 aromatic carbocycles. The molecule has 2 unspecified atom stereocenters. The predicted molar refractivity (Wildman–Crippen MR) is 125 cm³/mol. The fourth-order valence-electron chi connectivity index (χ4n) is 3.38. The molecule has 0 spiro atoms. The van der Waals surface area contributed by atoms with E-state index >= 15 is 0 Å². The highest BCUT2D eigenvalue weighted by Gasteiger charge is 2.54. The molecule has 3 heterocycles. The van der Waals surface area contributed by atoms with Crippen molar-refractivity contribution in [3.05, 3.63) is 12.2 Å². The first-order valence-electron chi connectivity index (χ1n) is 10.6. The van der Waals surface area contributed by atoms with E-state index in [-0.39, 0.29) is 18.2 Å². The summed E-state index contributed by atoms with van der Waals surface area (Å²) in [7, 11) is -2.63. The molecule has 2 aromatic heterocycles. The molecule has 0 saturated carbocycles. The van der Waals surface area contributed by atoms with Gasteiger partial charge in [0.15, 0.2) is 17.4 Å². The van der Waals surface area contributed by atoms with Gasteiger partial charge in [-0.05, 0) is 27.7 Å². The number of carbonyl (C=O) groups is 1. The maximum Gasteiger partial charge on any atom is 0.402 e. The zero-order valence-electron chi connectivity index (χ0n) is 19.9. The molecule has 1 fully saturated rings. The van der Waals surface area contributed by atoms with Crippen molar-refractivity contribution < 1.29 is 43.2 Å². The number of rotatable bonds is 10. The van der Waals surface area contributed by atoms with Gasteiger partial charge < -0.3 is 24.8 Å². The van der Waals surface area contributed by atoms with Crippen LogP contribution in [0, 0.1) is 6.92 Å². The van der Waals surface area contributed by atoms with Crippen LogP contribution in [-0.2, 0) is 23.1 Å². The smallest absolute Gasteiger partial charge is 0.402 e. The van der Waals surface area contributed by atoms with Crippen molar-refractivity contribution in [3.8, 4) is 5.88 Å². The van der Waals surface area contributed by atoms with Crippen LogP contribution in [0.2, 0.25) is 0 Å². The highest BCUT2D eigenvalue weighted by molar-refractivity contribution is 8.13. The Morgan fingerprint density at radius 3 is 2.71 bits per heavy atom. The zero-order valence-corrected chi connectivity index (χ0v) is 21.7. The molecule has 196 valence electrons. The van der Waals surface area contributed by atoms with E-state index in [9.17, 15) is 24.7 Å². The lowest BCUT2D eigenvalue weighted by atomic mass is 9.96. The van der Waals surface area contributed by atoms with E-state index in [0.29, 0.717) is 17.0 Å². The molecule has 0 amide bonds. The number of nitrogens with zero attached hydrogens (tertiary/aromatic N) is 4. The van der Waals surface area contributed by atoms with Crippen LogP contribution in [0.3, 0.4) is 0 Å². The third-order valence-electron chi connectivity index (χ3n) is 5.21. The molecule has 5 atom stereocenters. The Bertz CT molecular complexity index is 1120. The third-order valence-corrected chi connectivity index (χ3v) is 7.39. The number of methoxy groups -OCH3 is 1. The van der Waals surface area contributed by atoms with E-state index in [1.165, 1.54) is 38.8 Å². The molecule has 1 saturated heterocycles. The van der Waals surface area contributed by atoms with Gasteiger partial charge in [-0.1, -0.05) is 11.8 Å². The van der Waals surface area contributed by atoms with Crippen LogP contribution in [0.15, 0.2) is 6.33 Å². The minimum atomic E-state index is -4.07. The first-order valence-corrected chi connectivity index (χ1v) is 13.2. The molecule has 0 radical (unpaired) electrons. The van der Waals surface area contributed by atoms with Gasteiger partial charge >= 0.3 is 7.75 Å². The Balaban J connectivity index is 1.65. The van der Waals surface area contributed by atoms with Gasteiger partial charge in [0.25, 0.3) is 0 Å². The number of hydrogen-bond donors (Lipinski definition) is 4. The number of thioether (sulfide) groups is 1. The molecule has 0 aliphatic carbocycles. The van der Waals surface area contributed by atoms with Gasteiger partial charge in [-0.15, -0.1) is 0 Å². The van der Waals surface area contributed by atoms with Crippen molar-refractivity contribution in [1.29, 1.82) is 0 Å². The summed E-state index contributed by atoms with van der Waals surface area (Å²) in [6, 6.07) is 0. The standard InChI is InChI=1S/C19H30N5O9PS/c1-10-22-14-12(15(23-10)30-5)21-9-24(14)16-19(4,28)13(25)11(33-16)8-32-34(20,29)31-6-7-35-17(26)18(2,3)27/h9,11,13,16,25,27-28H,6-8H2,1-5H3,(H2,20,29)/t11-,13+,16-,19?,34?/m1/s1. The Morgan fingerprint density at radius 2 is 2.09 bits per heavy atom. The zero-order chi connectivity index (χ0) is 26.2.